The molecule has 3 rings (SSSR count). The first-order valence-corrected chi connectivity index (χ1v) is 10.6. The van der Waals surface area contributed by atoms with E-state index in [1.54, 1.807) is 18.2 Å². The minimum Gasteiger partial charge on any atom is -0.460 e. The van der Waals surface area contributed by atoms with Gasteiger partial charge in [0.15, 0.2) is 0 Å². The molecule has 0 aliphatic carbocycles. The monoisotopic (exact) mass is 439 g/mol. The third kappa shape index (κ3) is 5.88. The molecule has 0 saturated carbocycles. The van der Waals surface area contributed by atoms with Crippen molar-refractivity contribution in [3.8, 4) is 6.07 Å². The Labute approximate surface area is 178 Å². The molecule has 0 radical (unpaired) electrons. The number of sulfonamides is 1. The highest BCUT2D eigenvalue weighted by Gasteiger charge is 2.15. The molecule has 0 aliphatic rings. The van der Waals surface area contributed by atoms with Crippen molar-refractivity contribution in [2.45, 2.75) is 18.4 Å². The second-order valence-corrected chi connectivity index (χ2v) is 8.34. The van der Waals surface area contributed by atoms with Crippen LogP contribution >= 0.6 is 0 Å². The summed E-state index contributed by atoms with van der Waals surface area (Å²) in [5.41, 5.74) is 1.04. The van der Waals surface area contributed by atoms with Crippen LogP contribution in [0.2, 0.25) is 0 Å². The molecule has 1 amide bonds. The van der Waals surface area contributed by atoms with Gasteiger partial charge in [-0.05, 0) is 55.5 Å². The molecule has 158 valence electrons. The number of hydrogen-bond donors (Lipinski definition) is 2. The van der Waals surface area contributed by atoms with Gasteiger partial charge in [-0.3, -0.25) is 4.79 Å². The summed E-state index contributed by atoms with van der Waals surface area (Å²) >= 11 is 0. The molecular weight excluding hydrogens is 421 g/mol. The number of carbonyl (C=O) groups is 1. The number of nitriles is 1. The number of benzene rings is 2. The van der Waals surface area contributed by atoms with Gasteiger partial charge in [0.05, 0.1) is 11.4 Å². The molecule has 0 bridgehead atoms. The summed E-state index contributed by atoms with van der Waals surface area (Å²) < 4.78 is 45.6. The summed E-state index contributed by atoms with van der Waals surface area (Å²) in [6.07, 6.45) is 1.23. The predicted molar refractivity (Wildman–Crippen MR) is 113 cm³/mol. The zero-order valence-corrected chi connectivity index (χ0v) is 17.2. The van der Waals surface area contributed by atoms with Crippen LogP contribution in [0.3, 0.4) is 0 Å². The fourth-order valence-corrected chi connectivity index (χ4v) is 3.55. The maximum atomic E-state index is 13.0. The molecule has 31 heavy (non-hydrogen) atoms. The van der Waals surface area contributed by atoms with Crippen LogP contribution in [0.5, 0.6) is 0 Å². The average Bonchev–Trinajstić information content (AvgIpc) is 3.20. The summed E-state index contributed by atoms with van der Waals surface area (Å²) in [4.78, 5) is 12.4. The number of nitrogens with one attached hydrogen (secondary N) is 2. The SMILES string of the molecule is Cc1ccc(S(=O)(=O)NCc2ccc(/C=C(/C#N)C(=O)Nc3ccc(F)cc3)o2)cc1. The largest absolute Gasteiger partial charge is 0.460 e. The van der Waals surface area contributed by atoms with E-state index in [2.05, 4.69) is 10.0 Å². The Bertz CT molecular complexity index is 1260. The number of furan rings is 1. The average molecular weight is 439 g/mol. The van der Waals surface area contributed by atoms with E-state index < -0.39 is 21.7 Å². The van der Waals surface area contributed by atoms with E-state index >= 15 is 0 Å². The molecule has 1 aromatic heterocycles. The molecule has 0 unspecified atom stereocenters. The van der Waals surface area contributed by atoms with Gasteiger partial charge in [0, 0.05) is 11.8 Å². The molecule has 2 N–H and O–H groups in total. The summed E-state index contributed by atoms with van der Waals surface area (Å²) in [6, 6.07) is 16.3. The van der Waals surface area contributed by atoms with Crippen molar-refractivity contribution in [3.63, 3.8) is 0 Å². The highest BCUT2D eigenvalue weighted by molar-refractivity contribution is 7.89. The van der Waals surface area contributed by atoms with Gasteiger partial charge >= 0.3 is 0 Å². The van der Waals surface area contributed by atoms with Gasteiger partial charge in [-0.25, -0.2) is 17.5 Å². The van der Waals surface area contributed by atoms with Crippen LogP contribution in [0.15, 0.2) is 75.5 Å². The van der Waals surface area contributed by atoms with Gasteiger partial charge < -0.3 is 9.73 Å². The second kappa shape index (κ2) is 9.38. The standard InChI is InChI=1S/C22H18FN3O4S/c1-15-2-10-21(11-3-15)31(28,29)25-14-20-9-8-19(30-20)12-16(13-24)22(27)26-18-6-4-17(23)5-7-18/h2-12,25H,14H2,1H3,(H,26,27)/b16-12-. The maximum absolute atomic E-state index is 13.0. The Balaban J connectivity index is 1.66. The first kappa shape index (κ1) is 22.0. The van der Waals surface area contributed by atoms with Crippen LogP contribution in [-0.4, -0.2) is 14.3 Å². The Hall–Kier alpha value is -3.74. The lowest BCUT2D eigenvalue weighted by Crippen LogP contribution is -2.22. The Kier molecular flexibility index (Phi) is 6.65. The molecule has 0 spiro atoms. The van der Waals surface area contributed by atoms with Crippen LogP contribution in [0.25, 0.3) is 6.08 Å². The molecule has 2 aromatic carbocycles. The maximum Gasteiger partial charge on any atom is 0.266 e. The zero-order valence-electron chi connectivity index (χ0n) is 16.4. The second-order valence-electron chi connectivity index (χ2n) is 6.57. The van der Waals surface area contributed by atoms with Crippen LogP contribution < -0.4 is 10.0 Å². The molecular formula is C22H18FN3O4S. The van der Waals surface area contributed by atoms with Crippen LogP contribution in [0.4, 0.5) is 10.1 Å². The van der Waals surface area contributed by atoms with E-state index in [0.29, 0.717) is 11.4 Å². The van der Waals surface area contributed by atoms with Crippen LogP contribution in [0, 0.1) is 24.1 Å². The molecule has 9 heteroatoms. The minimum absolute atomic E-state index is 0.103. The fourth-order valence-electron chi connectivity index (χ4n) is 2.56. The van der Waals surface area contributed by atoms with E-state index in [1.165, 1.54) is 54.6 Å². The van der Waals surface area contributed by atoms with Gasteiger partial charge in [-0.2, -0.15) is 5.26 Å². The van der Waals surface area contributed by atoms with E-state index in [4.69, 9.17) is 4.42 Å². The van der Waals surface area contributed by atoms with Gasteiger partial charge in [-0.15, -0.1) is 0 Å². The van der Waals surface area contributed by atoms with Crippen LogP contribution in [0.1, 0.15) is 17.1 Å². The fraction of sp³-hybridized carbons (Fsp3) is 0.0909. The molecule has 0 saturated heterocycles. The lowest BCUT2D eigenvalue weighted by atomic mass is 10.2. The highest BCUT2D eigenvalue weighted by Crippen LogP contribution is 2.16. The first-order chi connectivity index (χ1) is 14.8. The van der Waals surface area contributed by atoms with Gasteiger partial charge in [-0.1, -0.05) is 17.7 Å². The molecule has 3 aromatic rings. The van der Waals surface area contributed by atoms with Crippen LogP contribution in [-0.2, 0) is 21.4 Å². The molecule has 1 heterocycles. The van der Waals surface area contributed by atoms with Gasteiger partial charge in [0.2, 0.25) is 10.0 Å². The van der Waals surface area contributed by atoms with Crippen molar-refractivity contribution in [3.05, 3.63) is 89.1 Å². The lowest BCUT2D eigenvalue weighted by Gasteiger charge is -2.05. The Morgan fingerprint density at radius 3 is 2.42 bits per heavy atom. The van der Waals surface area contributed by atoms with E-state index in [9.17, 15) is 22.9 Å². The topological polar surface area (TPSA) is 112 Å². The minimum atomic E-state index is -3.71. The number of aryl methyl sites for hydroxylation is 1. The Morgan fingerprint density at radius 1 is 1.10 bits per heavy atom. The van der Waals surface area contributed by atoms with Crippen molar-refractivity contribution in [2.75, 3.05) is 5.32 Å². The predicted octanol–water partition coefficient (Wildman–Crippen LogP) is 3.75. The third-order valence-electron chi connectivity index (χ3n) is 4.20. The van der Waals surface area contributed by atoms with Crippen molar-refractivity contribution >= 4 is 27.7 Å². The number of anilines is 1. The molecule has 7 nitrogen and oxygen atoms in total. The number of nitrogens with zero attached hydrogens (tertiary/aromatic N) is 1. The summed E-state index contributed by atoms with van der Waals surface area (Å²) in [7, 11) is -3.71. The lowest BCUT2D eigenvalue weighted by molar-refractivity contribution is -0.112. The molecule has 0 aliphatic heterocycles. The first-order valence-electron chi connectivity index (χ1n) is 9.10. The number of halogens is 1. The van der Waals surface area contributed by atoms with Gasteiger partial charge in [0.1, 0.15) is 29.0 Å². The third-order valence-corrected chi connectivity index (χ3v) is 5.62. The van der Waals surface area contributed by atoms with E-state index in [0.717, 1.165) is 5.56 Å². The molecule has 0 atom stereocenters. The van der Waals surface area contributed by atoms with Crippen molar-refractivity contribution in [2.24, 2.45) is 0 Å². The number of amides is 1. The number of hydrogen-bond acceptors (Lipinski definition) is 5. The van der Waals surface area contributed by atoms with E-state index in [-0.39, 0.29) is 22.8 Å². The zero-order chi connectivity index (χ0) is 22.4. The normalized spacial score (nSPS) is 11.7. The Morgan fingerprint density at radius 2 is 1.77 bits per heavy atom. The van der Waals surface area contributed by atoms with Crippen molar-refractivity contribution in [1.29, 1.82) is 5.26 Å². The molecule has 0 fully saturated rings. The summed E-state index contributed by atoms with van der Waals surface area (Å²) in [5.74, 6) is -0.629. The number of carbonyl (C=O) groups excluding carboxylic acids is 1. The summed E-state index contributed by atoms with van der Waals surface area (Å²) in [6.45, 7) is 1.75. The smallest absolute Gasteiger partial charge is 0.266 e. The quantitative estimate of drug-likeness (QED) is 0.430. The van der Waals surface area contributed by atoms with Crippen molar-refractivity contribution in [1.82, 2.24) is 4.72 Å². The number of rotatable bonds is 7. The van der Waals surface area contributed by atoms with E-state index in [1.807, 2.05) is 6.92 Å². The highest BCUT2D eigenvalue weighted by atomic mass is 32.2. The van der Waals surface area contributed by atoms with Gasteiger partial charge in [0.25, 0.3) is 5.91 Å². The van der Waals surface area contributed by atoms with Crippen molar-refractivity contribution < 1.29 is 22.0 Å². The summed E-state index contributed by atoms with van der Waals surface area (Å²) in [5, 5.41) is 11.8.